The minimum atomic E-state index is -0.470. The number of hydrogen-bond acceptors (Lipinski definition) is 4. The fourth-order valence-corrected chi connectivity index (χ4v) is 7.20. The zero-order chi connectivity index (χ0) is 25.4. The molecule has 3 heterocycles. The van der Waals surface area contributed by atoms with Crippen LogP contribution in [0.5, 0.6) is 0 Å². The van der Waals surface area contributed by atoms with Crippen molar-refractivity contribution in [3.63, 3.8) is 0 Å². The summed E-state index contributed by atoms with van der Waals surface area (Å²) in [5, 5.41) is 4.04. The predicted molar refractivity (Wildman–Crippen MR) is 145 cm³/mol. The van der Waals surface area contributed by atoms with Crippen molar-refractivity contribution in [1.29, 1.82) is 0 Å². The fourth-order valence-electron chi connectivity index (χ4n) is 7.20. The van der Waals surface area contributed by atoms with Gasteiger partial charge in [0.15, 0.2) is 0 Å². The molecule has 0 radical (unpaired) electrons. The van der Waals surface area contributed by atoms with Crippen LogP contribution in [0.1, 0.15) is 67.6 Å². The van der Waals surface area contributed by atoms with Gasteiger partial charge in [-0.3, -0.25) is 23.9 Å². The number of imide groups is 1. The Morgan fingerprint density at radius 2 is 1.39 bits per heavy atom. The summed E-state index contributed by atoms with van der Waals surface area (Å²) in [6.07, 6.45) is 8.23. The Morgan fingerprint density at radius 1 is 0.763 bits per heavy atom. The van der Waals surface area contributed by atoms with Gasteiger partial charge in [-0.15, -0.1) is 0 Å². The molecule has 38 heavy (non-hydrogen) atoms. The first kappa shape index (κ1) is 20.2. The van der Waals surface area contributed by atoms with Crippen LogP contribution in [0.4, 0.5) is 0 Å². The topological polar surface area (TPSA) is 72.3 Å². The number of nitrogens with zero attached hydrogens (tertiary/aromatic N) is 3. The summed E-state index contributed by atoms with van der Waals surface area (Å²) in [5.41, 5.74) is 6.74. The van der Waals surface area contributed by atoms with Gasteiger partial charge in [-0.2, -0.15) is 0 Å². The lowest BCUT2D eigenvalue weighted by atomic mass is 9.73. The second-order valence-electron chi connectivity index (χ2n) is 10.4. The van der Waals surface area contributed by atoms with Crippen LogP contribution in [-0.2, 0) is 4.79 Å². The zero-order valence-electron chi connectivity index (χ0n) is 20.4. The molecule has 0 N–H and O–H groups in total. The van der Waals surface area contributed by atoms with Crippen LogP contribution in [0.2, 0.25) is 0 Å². The SMILES string of the molecule is CCN1C(=O)c2ccc3c4c(c5c6c7c(ccc63)C(=O)n3c(nc6ccccc63)C7C=C5)C=CC(C1=O)c24. The molecule has 0 saturated heterocycles. The third-order valence-electron chi connectivity index (χ3n) is 8.77. The highest BCUT2D eigenvalue weighted by Crippen LogP contribution is 2.51. The molecule has 2 atom stereocenters. The fraction of sp³-hybridized carbons (Fsp3) is 0.125. The number of carbonyl (C=O) groups excluding carboxylic acids is 3. The Balaban J connectivity index is 1.41. The number of aromatic nitrogens is 2. The van der Waals surface area contributed by atoms with Gasteiger partial charge in [0.2, 0.25) is 5.91 Å². The molecule has 180 valence electrons. The van der Waals surface area contributed by atoms with Crippen molar-refractivity contribution < 1.29 is 14.4 Å². The van der Waals surface area contributed by atoms with E-state index >= 15 is 0 Å². The van der Waals surface area contributed by atoms with Gasteiger partial charge in [0.1, 0.15) is 5.82 Å². The Morgan fingerprint density at radius 3 is 2.11 bits per heavy atom. The third kappa shape index (κ3) is 2.10. The van der Waals surface area contributed by atoms with Crippen LogP contribution in [0, 0.1) is 0 Å². The van der Waals surface area contributed by atoms with Gasteiger partial charge in [-0.05, 0) is 75.0 Å². The maximum atomic E-state index is 13.9. The van der Waals surface area contributed by atoms with Gasteiger partial charge < -0.3 is 0 Å². The van der Waals surface area contributed by atoms with Crippen LogP contribution in [0.25, 0.3) is 44.7 Å². The van der Waals surface area contributed by atoms with Crippen LogP contribution in [0.15, 0.2) is 60.7 Å². The molecule has 0 bridgehead atoms. The van der Waals surface area contributed by atoms with Crippen molar-refractivity contribution in [3.8, 4) is 0 Å². The smallest absolute Gasteiger partial charge is 0.264 e. The monoisotopic (exact) mass is 493 g/mol. The summed E-state index contributed by atoms with van der Waals surface area (Å²) in [6.45, 7) is 2.18. The number of carbonyl (C=O) groups is 3. The van der Waals surface area contributed by atoms with E-state index in [1.165, 1.54) is 4.90 Å². The minimum Gasteiger partial charge on any atom is -0.278 e. The van der Waals surface area contributed by atoms with E-state index in [2.05, 4.69) is 12.2 Å². The molecule has 2 unspecified atom stereocenters. The molecule has 0 spiro atoms. The highest BCUT2D eigenvalue weighted by molar-refractivity contribution is 6.25. The van der Waals surface area contributed by atoms with Crippen LogP contribution in [0.3, 0.4) is 0 Å². The number of imidazole rings is 1. The average Bonchev–Trinajstić information content (AvgIpc) is 3.34. The zero-order valence-corrected chi connectivity index (χ0v) is 20.4. The number of rotatable bonds is 1. The second-order valence-corrected chi connectivity index (χ2v) is 10.4. The molecule has 2 amide bonds. The molecule has 6 nitrogen and oxygen atoms in total. The molecule has 2 aliphatic heterocycles. The van der Waals surface area contributed by atoms with E-state index in [9.17, 15) is 14.4 Å². The number of para-hydroxylation sites is 2. The molecule has 9 rings (SSSR count). The van der Waals surface area contributed by atoms with Gasteiger partial charge >= 0.3 is 0 Å². The quantitative estimate of drug-likeness (QED) is 0.225. The van der Waals surface area contributed by atoms with Gasteiger partial charge in [0.05, 0.1) is 22.9 Å². The van der Waals surface area contributed by atoms with E-state index < -0.39 is 5.92 Å². The average molecular weight is 494 g/mol. The third-order valence-corrected chi connectivity index (χ3v) is 8.77. The van der Waals surface area contributed by atoms with Gasteiger partial charge in [0, 0.05) is 17.7 Å². The van der Waals surface area contributed by atoms with Gasteiger partial charge in [-0.1, -0.05) is 48.6 Å². The number of hydrogen-bond donors (Lipinski definition) is 0. The van der Waals surface area contributed by atoms with Crippen LogP contribution >= 0.6 is 0 Å². The van der Waals surface area contributed by atoms with E-state index in [1.807, 2.05) is 67.6 Å². The first-order valence-electron chi connectivity index (χ1n) is 12.9. The second kappa shape index (κ2) is 6.53. The standard InChI is InChI=1S/C32H19N3O3/c1-2-34-30(36)20-12-8-17-15-7-11-19-27-22(32(38)35-24-6-4-3-5-23(24)33-29(19)35)14-10-16(25(15)27)18-9-13-21(31(34)37)28(20)26(17)18/h3-14,19-20H,2H2,1H3. The van der Waals surface area contributed by atoms with E-state index in [-0.39, 0.29) is 23.6 Å². The molecule has 2 aliphatic carbocycles. The Bertz CT molecular complexity index is 2090. The largest absolute Gasteiger partial charge is 0.278 e. The summed E-state index contributed by atoms with van der Waals surface area (Å²) in [4.78, 5) is 46.6. The minimum absolute atomic E-state index is 0.0614. The summed E-state index contributed by atoms with van der Waals surface area (Å²) in [7, 11) is 0. The maximum Gasteiger partial charge on any atom is 0.264 e. The van der Waals surface area contributed by atoms with Crippen molar-refractivity contribution in [2.45, 2.75) is 18.8 Å². The van der Waals surface area contributed by atoms with E-state index in [1.54, 1.807) is 4.57 Å². The molecule has 0 saturated carbocycles. The number of likely N-dealkylation sites (N-methyl/N-ethyl adjacent to an activating group) is 1. The first-order chi connectivity index (χ1) is 18.6. The Hall–Kier alpha value is -4.84. The van der Waals surface area contributed by atoms with Crippen molar-refractivity contribution in [2.24, 2.45) is 0 Å². The Kier molecular flexibility index (Phi) is 3.48. The molecule has 4 aromatic carbocycles. The van der Waals surface area contributed by atoms with Gasteiger partial charge in [0.25, 0.3) is 11.8 Å². The maximum absolute atomic E-state index is 13.9. The van der Waals surface area contributed by atoms with E-state index in [0.717, 1.165) is 60.7 Å². The molecule has 4 aliphatic rings. The lowest BCUT2D eigenvalue weighted by Crippen LogP contribution is -2.44. The lowest BCUT2D eigenvalue weighted by molar-refractivity contribution is -0.129. The number of allylic oxidation sites excluding steroid dienone is 1. The van der Waals surface area contributed by atoms with Crippen molar-refractivity contribution >= 4 is 62.5 Å². The molecule has 5 aromatic rings. The predicted octanol–water partition coefficient (Wildman–Crippen LogP) is 5.62. The van der Waals surface area contributed by atoms with Crippen molar-refractivity contribution in [1.82, 2.24) is 14.5 Å². The van der Waals surface area contributed by atoms with Gasteiger partial charge in [-0.25, -0.2) is 4.98 Å². The Labute approximate surface area is 216 Å². The molecular weight excluding hydrogens is 474 g/mol. The molecule has 6 heteroatoms. The summed E-state index contributed by atoms with van der Waals surface area (Å²) in [5.74, 6) is -0.333. The number of benzene rings is 4. The molecular formula is C32H19N3O3. The number of amides is 2. The lowest BCUT2D eigenvalue weighted by Gasteiger charge is -2.35. The molecule has 0 fully saturated rings. The summed E-state index contributed by atoms with van der Waals surface area (Å²) in [6, 6.07) is 15.6. The normalized spacial score (nSPS) is 20.2. The van der Waals surface area contributed by atoms with Crippen LogP contribution < -0.4 is 0 Å². The highest BCUT2D eigenvalue weighted by Gasteiger charge is 2.42. The number of fused-ring (bicyclic) bond motifs is 6. The molecule has 1 aromatic heterocycles. The van der Waals surface area contributed by atoms with Crippen molar-refractivity contribution in [3.05, 3.63) is 99.9 Å². The first-order valence-corrected chi connectivity index (χ1v) is 12.9. The van der Waals surface area contributed by atoms with E-state index in [4.69, 9.17) is 4.98 Å². The van der Waals surface area contributed by atoms with E-state index in [0.29, 0.717) is 17.7 Å². The van der Waals surface area contributed by atoms with Crippen molar-refractivity contribution in [2.75, 3.05) is 6.54 Å². The summed E-state index contributed by atoms with van der Waals surface area (Å²) >= 11 is 0. The summed E-state index contributed by atoms with van der Waals surface area (Å²) < 4.78 is 1.76. The highest BCUT2D eigenvalue weighted by atomic mass is 16.2. The van der Waals surface area contributed by atoms with Crippen LogP contribution in [-0.4, -0.2) is 38.7 Å².